The van der Waals surface area contributed by atoms with Gasteiger partial charge in [0.25, 0.3) is 0 Å². The molecule has 4 rings (SSSR count). The molecule has 18 heavy (non-hydrogen) atoms. The Morgan fingerprint density at radius 1 is 1.28 bits per heavy atom. The van der Waals surface area contributed by atoms with Gasteiger partial charge in [-0.15, -0.1) is 0 Å². The lowest BCUT2D eigenvalue weighted by atomic mass is 10.0. The van der Waals surface area contributed by atoms with Crippen molar-refractivity contribution in [1.82, 2.24) is 4.98 Å². The summed E-state index contributed by atoms with van der Waals surface area (Å²) in [5.74, 6) is 3.67. The van der Waals surface area contributed by atoms with Gasteiger partial charge >= 0.3 is 0 Å². The molecule has 94 valence electrons. The third kappa shape index (κ3) is 1.39. The van der Waals surface area contributed by atoms with E-state index in [4.69, 9.17) is 4.42 Å². The van der Waals surface area contributed by atoms with Gasteiger partial charge in [0.1, 0.15) is 5.52 Å². The average Bonchev–Trinajstić information content (AvgIpc) is 2.78. The fourth-order valence-electron chi connectivity index (χ4n) is 3.81. The second kappa shape index (κ2) is 3.50. The lowest BCUT2D eigenvalue weighted by Crippen LogP contribution is -2.24. The molecule has 2 atom stereocenters. The van der Waals surface area contributed by atoms with E-state index in [1.807, 2.05) is 6.07 Å². The van der Waals surface area contributed by atoms with Gasteiger partial charge in [0.15, 0.2) is 12.0 Å². The van der Waals surface area contributed by atoms with Crippen molar-refractivity contribution in [2.24, 2.45) is 23.7 Å². The fourth-order valence-corrected chi connectivity index (χ4v) is 3.81. The van der Waals surface area contributed by atoms with Crippen LogP contribution in [0, 0.1) is 23.7 Å². The van der Waals surface area contributed by atoms with Crippen molar-refractivity contribution >= 4 is 16.8 Å². The third-order valence-corrected chi connectivity index (χ3v) is 4.71. The number of piperidine rings is 1. The Kier molecular flexibility index (Phi) is 2.02. The summed E-state index contributed by atoms with van der Waals surface area (Å²) in [4.78, 5) is 6.73. The highest BCUT2D eigenvalue weighted by Gasteiger charge is 2.56. The number of anilines is 1. The van der Waals surface area contributed by atoms with Crippen LogP contribution in [-0.2, 0) is 0 Å². The SMILES string of the molecule is CC(C)C1C2CN(c3ccc4ocnc4c3)CC21. The van der Waals surface area contributed by atoms with E-state index in [2.05, 4.69) is 35.9 Å². The molecule has 1 saturated heterocycles. The van der Waals surface area contributed by atoms with E-state index in [1.54, 1.807) is 0 Å². The van der Waals surface area contributed by atoms with E-state index in [-0.39, 0.29) is 0 Å². The Morgan fingerprint density at radius 3 is 2.78 bits per heavy atom. The molecule has 2 aromatic rings. The van der Waals surface area contributed by atoms with Crippen LogP contribution in [0.2, 0.25) is 0 Å². The quantitative estimate of drug-likeness (QED) is 0.810. The van der Waals surface area contributed by atoms with Gasteiger partial charge in [0.05, 0.1) is 0 Å². The second-order valence-electron chi connectivity index (χ2n) is 6.06. The van der Waals surface area contributed by atoms with Gasteiger partial charge in [-0.25, -0.2) is 4.98 Å². The van der Waals surface area contributed by atoms with E-state index in [9.17, 15) is 0 Å². The largest absolute Gasteiger partial charge is 0.443 e. The van der Waals surface area contributed by atoms with Crippen LogP contribution in [0.3, 0.4) is 0 Å². The summed E-state index contributed by atoms with van der Waals surface area (Å²) in [5.41, 5.74) is 3.14. The predicted octanol–water partition coefficient (Wildman–Crippen LogP) is 3.17. The minimum Gasteiger partial charge on any atom is -0.443 e. The van der Waals surface area contributed by atoms with Crippen LogP contribution in [0.5, 0.6) is 0 Å². The molecule has 1 aromatic heterocycles. The maximum Gasteiger partial charge on any atom is 0.181 e. The summed E-state index contributed by atoms with van der Waals surface area (Å²) in [6.07, 6.45) is 1.52. The monoisotopic (exact) mass is 242 g/mol. The number of rotatable bonds is 2. The molecule has 0 spiro atoms. The molecule has 1 aliphatic heterocycles. The number of hydrogen-bond acceptors (Lipinski definition) is 3. The van der Waals surface area contributed by atoms with Crippen LogP contribution >= 0.6 is 0 Å². The lowest BCUT2D eigenvalue weighted by Gasteiger charge is -2.22. The average molecular weight is 242 g/mol. The Hall–Kier alpha value is -1.51. The van der Waals surface area contributed by atoms with Crippen molar-refractivity contribution in [3.05, 3.63) is 24.6 Å². The topological polar surface area (TPSA) is 29.3 Å². The molecule has 0 amide bonds. The van der Waals surface area contributed by atoms with Crippen LogP contribution < -0.4 is 4.90 Å². The van der Waals surface area contributed by atoms with Crippen molar-refractivity contribution in [3.8, 4) is 0 Å². The number of fused-ring (bicyclic) bond motifs is 2. The van der Waals surface area contributed by atoms with Crippen LogP contribution in [0.4, 0.5) is 5.69 Å². The van der Waals surface area contributed by atoms with Crippen molar-refractivity contribution in [2.75, 3.05) is 18.0 Å². The summed E-state index contributed by atoms with van der Waals surface area (Å²) in [7, 11) is 0. The zero-order chi connectivity index (χ0) is 12.3. The summed E-state index contributed by atoms with van der Waals surface area (Å²) in [6, 6.07) is 6.33. The zero-order valence-corrected chi connectivity index (χ0v) is 10.8. The van der Waals surface area contributed by atoms with E-state index in [1.165, 1.54) is 25.2 Å². The molecule has 3 nitrogen and oxygen atoms in total. The van der Waals surface area contributed by atoms with Crippen LogP contribution in [0.1, 0.15) is 13.8 Å². The highest BCUT2D eigenvalue weighted by Crippen LogP contribution is 2.56. The van der Waals surface area contributed by atoms with Gasteiger partial charge in [-0.3, -0.25) is 0 Å². The predicted molar refractivity (Wildman–Crippen MR) is 71.5 cm³/mol. The summed E-state index contributed by atoms with van der Waals surface area (Å²) in [5, 5.41) is 0. The smallest absolute Gasteiger partial charge is 0.181 e. The Morgan fingerprint density at radius 2 is 2.06 bits per heavy atom. The molecular weight excluding hydrogens is 224 g/mol. The molecule has 0 N–H and O–H groups in total. The molecule has 3 heteroatoms. The van der Waals surface area contributed by atoms with E-state index < -0.39 is 0 Å². The Bertz CT molecular complexity index is 577. The minimum atomic E-state index is 0.847. The molecule has 2 aliphatic rings. The molecule has 0 radical (unpaired) electrons. The van der Waals surface area contributed by atoms with Crippen molar-refractivity contribution in [1.29, 1.82) is 0 Å². The molecular formula is C15H18N2O. The molecule has 2 fully saturated rings. The van der Waals surface area contributed by atoms with E-state index >= 15 is 0 Å². The first-order valence-electron chi connectivity index (χ1n) is 6.82. The molecule has 1 aromatic carbocycles. The fraction of sp³-hybridized carbons (Fsp3) is 0.533. The van der Waals surface area contributed by atoms with Gasteiger partial charge in [-0.1, -0.05) is 13.8 Å². The number of nitrogens with zero attached hydrogens (tertiary/aromatic N) is 2. The number of hydrogen-bond donors (Lipinski definition) is 0. The number of benzene rings is 1. The summed E-state index contributed by atoms with van der Waals surface area (Å²) >= 11 is 0. The van der Waals surface area contributed by atoms with Crippen LogP contribution in [0.15, 0.2) is 29.0 Å². The highest BCUT2D eigenvalue weighted by molar-refractivity contribution is 5.77. The van der Waals surface area contributed by atoms with Crippen LogP contribution in [-0.4, -0.2) is 18.1 Å². The zero-order valence-electron chi connectivity index (χ0n) is 10.8. The molecule has 2 heterocycles. The third-order valence-electron chi connectivity index (χ3n) is 4.71. The number of oxazole rings is 1. The van der Waals surface area contributed by atoms with E-state index in [0.29, 0.717) is 0 Å². The van der Waals surface area contributed by atoms with Gasteiger partial charge in [-0.05, 0) is 41.9 Å². The first-order valence-corrected chi connectivity index (χ1v) is 6.82. The van der Waals surface area contributed by atoms with Crippen molar-refractivity contribution in [2.45, 2.75) is 13.8 Å². The summed E-state index contributed by atoms with van der Waals surface area (Å²) < 4.78 is 5.28. The number of aromatic nitrogens is 1. The lowest BCUT2D eigenvalue weighted by molar-refractivity contribution is 0.480. The van der Waals surface area contributed by atoms with Crippen LogP contribution in [0.25, 0.3) is 11.1 Å². The van der Waals surface area contributed by atoms with Crippen molar-refractivity contribution in [3.63, 3.8) is 0 Å². The first-order chi connectivity index (χ1) is 8.74. The Balaban J connectivity index is 1.56. The minimum absolute atomic E-state index is 0.847. The van der Waals surface area contributed by atoms with Crippen molar-refractivity contribution < 1.29 is 4.42 Å². The molecule has 1 aliphatic carbocycles. The van der Waals surface area contributed by atoms with Gasteiger partial charge in [-0.2, -0.15) is 0 Å². The highest BCUT2D eigenvalue weighted by atomic mass is 16.3. The molecule has 1 saturated carbocycles. The van der Waals surface area contributed by atoms with Gasteiger partial charge in [0, 0.05) is 18.8 Å². The molecule has 0 bridgehead atoms. The van der Waals surface area contributed by atoms with Gasteiger partial charge < -0.3 is 9.32 Å². The summed E-state index contributed by atoms with van der Waals surface area (Å²) in [6.45, 7) is 7.15. The maximum atomic E-state index is 5.28. The second-order valence-corrected chi connectivity index (χ2v) is 6.06. The van der Waals surface area contributed by atoms with E-state index in [0.717, 1.165) is 34.8 Å². The normalized spacial score (nSPS) is 30.2. The van der Waals surface area contributed by atoms with Gasteiger partial charge in [0.2, 0.25) is 0 Å². The first kappa shape index (κ1) is 10.4. The Labute approximate surface area is 107 Å². The molecule has 2 unspecified atom stereocenters. The maximum absolute atomic E-state index is 5.28. The standard InChI is InChI=1S/C15H18N2O/c1-9(2)15-11-6-17(7-12(11)15)10-3-4-14-13(5-10)16-8-18-14/h3-5,8-9,11-12,15H,6-7H2,1-2H3.